The molecule has 3 rings (SSSR count). The fraction of sp³-hybridized carbons (Fsp3) is 0.261. The molecule has 2 amide bonds. The number of pyridine rings is 3. The van der Waals surface area contributed by atoms with Gasteiger partial charge in [0, 0.05) is 48.3 Å². The van der Waals surface area contributed by atoms with E-state index in [1.165, 1.54) is 12.1 Å². The van der Waals surface area contributed by atoms with Gasteiger partial charge in [-0.05, 0) is 56.9 Å². The van der Waals surface area contributed by atoms with Gasteiger partial charge in [-0.15, -0.1) is 0 Å². The van der Waals surface area contributed by atoms with Crippen LogP contribution in [-0.2, 0) is 0 Å². The maximum atomic E-state index is 12.9. The Bertz CT molecular complexity index is 1020. The number of rotatable bonds is 6. The third-order valence-electron chi connectivity index (χ3n) is 4.70. The summed E-state index contributed by atoms with van der Waals surface area (Å²) in [4.78, 5) is 38.4. The molecule has 0 fully saturated rings. The minimum atomic E-state index is -0.440. The fourth-order valence-electron chi connectivity index (χ4n) is 3.14. The molecule has 2 N–H and O–H groups in total. The number of aromatic nitrogens is 3. The number of hydrogen-bond acceptors (Lipinski definition) is 6. The van der Waals surface area contributed by atoms with E-state index in [0.717, 1.165) is 22.3 Å². The highest BCUT2D eigenvalue weighted by Gasteiger charge is 2.18. The first kappa shape index (κ1) is 21.9. The molecule has 0 bridgehead atoms. The number of nitrogens with one attached hydrogen (secondary N) is 2. The predicted octanol–water partition coefficient (Wildman–Crippen LogP) is 4.01. The van der Waals surface area contributed by atoms with Crippen molar-refractivity contribution in [3.63, 3.8) is 0 Å². The zero-order chi connectivity index (χ0) is 22.5. The van der Waals surface area contributed by atoms with Crippen LogP contribution >= 0.6 is 0 Å². The predicted molar refractivity (Wildman–Crippen MR) is 119 cm³/mol. The van der Waals surface area contributed by atoms with Crippen molar-refractivity contribution in [2.45, 2.75) is 34.6 Å². The summed E-state index contributed by atoms with van der Waals surface area (Å²) in [5.74, 6) is -0.493. The van der Waals surface area contributed by atoms with Gasteiger partial charge in [-0.25, -0.2) is 4.98 Å². The summed E-state index contributed by atoms with van der Waals surface area (Å²) in [7, 11) is 0. The topological polar surface area (TPSA) is 106 Å². The first-order valence-corrected chi connectivity index (χ1v) is 9.90. The number of aryl methyl sites for hydroxylation is 4. The Morgan fingerprint density at radius 3 is 1.52 bits per heavy atom. The average Bonchev–Trinajstić information content (AvgIpc) is 2.73. The van der Waals surface area contributed by atoms with Crippen LogP contribution in [0.25, 0.3) is 0 Å². The van der Waals surface area contributed by atoms with E-state index < -0.39 is 11.8 Å². The molecular formula is C23H25N5O3. The zero-order valence-corrected chi connectivity index (χ0v) is 18.2. The molecule has 3 aromatic rings. The Morgan fingerprint density at radius 2 is 1.16 bits per heavy atom. The lowest BCUT2D eigenvalue weighted by Crippen LogP contribution is -2.20. The number of carbonyl (C=O) groups is 2. The summed E-state index contributed by atoms with van der Waals surface area (Å²) in [6.45, 7) is 9.65. The van der Waals surface area contributed by atoms with Crippen LogP contribution in [0.1, 0.15) is 50.2 Å². The largest absolute Gasteiger partial charge is 0.494 e. The first-order valence-electron chi connectivity index (χ1n) is 9.90. The fourth-order valence-corrected chi connectivity index (χ4v) is 3.14. The maximum absolute atomic E-state index is 12.9. The monoisotopic (exact) mass is 419 g/mol. The van der Waals surface area contributed by atoms with E-state index in [2.05, 4.69) is 25.6 Å². The summed E-state index contributed by atoms with van der Waals surface area (Å²) < 4.78 is 5.56. The van der Waals surface area contributed by atoms with Crippen LogP contribution in [0.4, 0.5) is 11.4 Å². The van der Waals surface area contributed by atoms with Crippen molar-refractivity contribution < 1.29 is 14.3 Å². The Hall–Kier alpha value is -3.81. The Labute approximate surface area is 181 Å². The molecule has 8 nitrogen and oxygen atoms in total. The molecular weight excluding hydrogens is 394 g/mol. The van der Waals surface area contributed by atoms with Crippen LogP contribution < -0.4 is 15.4 Å². The third kappa shape index (κ3) is 5.03. The van der Waals surface area contributed by atoms with Gasteiger partial charge in [-0.2, -0.15) is 0 Å². The SMILES string of the molecule is CCOc1cc(C(=O)Nc2c(C)cncc2C)nc(C(=O)Nc2c(C)cncc2C)c1. The van der Waals surface area contributed by atoms with Gasteiger partial charge in [0.2, 0.25) is 0 Å². The number of hydrogen-bond donors (Lipinski definition) is 2. The average molecular weight is 419 g/mol. The molecule has 0 atom stereocenters. The highest BCUT2D eigenvalue weighted by atomic mass is 16.5. The van der Waals surface area contributed by atoms with Crippen molar-refractivity contribution >= 4 is 23.2 Å². The summed E-state index contributed by atoms with van der Waals surface area (Å²) in [5.41, 5.74) is 4.80. The lowest BCUT2D eigenvalue weighted by Gasteiger charge is -2.14. The quantitative estimate of drug-likeness (QED) is 0.625. The Kier molecular flexibility index (Phi) is 6.59. The molecule has 8 heteroatoms. The smallest absolute Gasteiger partial charge is 0.274 e. The molecule has 31 heavy (non-hydrogen) atoms. The van der Waals surface area contributed by atoms with Gasteiger partial charge in [0.05, 0.1) is 6.61 Å². The molecule has 0 aromatic carbocycles. The van der Waals surface area contributed by atoms with E-state index in [9.17, 15) is 9.59 Å². The second-order valence-electron chi connectivity index (χ2n) is 7.21. The number of anilines is 2. The highest BCUT2D eigenvalue weighted by Crippen LogP contribution is 2.22. The van der Waals surface area contributed by atoms with Crippen molar-refractivity contribution in [3.8, 4) is 5.75 Å². The van der Waals surface area contributed by atoms with E-state index in [4.69, 9.17) is 4.74 Å². The highest BCUT2D eigenvalue weighted by molar-refractivity contribution is 6.07. The second kappa shape index (κ2) is 9.34. The van der Waals surface area contributed by atoms with Crippen LogP contribution in [0.5, 0.6) is 5.75 Å². The van der Waals surface area contributed by atoms with Crippen molar-refractivity contribution in [1.82, 2.24) is 15.0 Å². The van der Waals surface area contributed by atoms with Crippen molar-refractivity contribution in [2.24, 2.45) is 0 Å². The van der Waals surface area contributed by atoms with Crippen molar-refractivity contribution in [2.75, 3.05) is 17.2 Å². The van der Waals surface area contributed by atoms with Gasteiger partial charge < -0.3 is 15.4 Å². The van der Waals surface area contributed by atoms with Crippen molar-refractivity contribution in [1.29, 1.82) is 0 Å². The molecule has 0 radical (unpaired) electrons. The first-order chi connectivity index (χ1) is 14.8. The molecule has 0 saturated carbocycles. The molecule has 3 aromatic heterocycles. The second-order valence-corrected chi connectivity index (χ2v) is 7.21. The van der Waals surface area contributed by atoms with Crippen LogP contribution in [0, 0.1) is 27.7 Å². The van der Waals surface area contributed by atoms with E-state index in [0.29, 0.717) is 23.7 Å². The Balaban J connectivity index is 1.93. The van der Waals surface area contributed by atoms with E-state index in [1.54, 1.807) is 24.8 Å². The normalized spacial score (nSPS) is 10.5. The number of nitrogens with zero attached hydrogens (tertiary/aromatic N) is 3. The van der Waals surface area contributed by atoms with Gasteiger partial charge >= 0.3 is 0 Å². The minimum Gasteiger partial charge on any atom is -0.494 e. The van der Waals surface area contributed by atoms with Gasteiger partial charge in [-0.3, -0.25) is 19.6 Å². The number of amides is 2. The lowest BCUT2D eigenvalue weighted by atomic mass is 10.1. The van der Waals surface area contributed by atoms with Gasteiger partial charge in [0.1, 0.15) is 17.1 Å². The van der Waals surface area contributed by atoms with Crippen LogP contribution in [0.15, 0.2) is 36.9 Å². The van der Waals surface area contributed by atoms with Crippen molar-refractivity contribution in [3.05, 3.63) is 70.6 Å². The summed E-state index contributed by atoms with van der Waals surface area (Å²) in [6.07, 6.45) is 6.69. The van der Waals surface area contributed by atoms with E-state index in [-0.39, 0.29) is 11.4 Å². The molecule has 0 aliphatic rings. The van der Waals surface area contributed by atoms with Gasteiger partial charge in [-0.1, -0.05) is 0 Å². The molecule has 0 aliphatic heterocycles. The van der Waals surface area contributed by atoms with Crippen LogP contribution in [-0.4, -0.2) is 33.4 Å². The van der Waals surface area contributed by atoms with Gasteiger partial charge in [0.15, 0.2) is 0 Å². The zero-order valence-electron chi connectivity index (χ0n) is 18.2. The van der Waals surface area contributed by atoms with Crippen LogP contribution in [0.3, 0.4) is 0 Å². The Morgan fingerprint density at radius 1 is 0.774 bits per heavy atom. The van der Waals surface area contributed by atoms with Crippen LogP contribution in [0.2, 0.25) is 0 Å². The van der Waals surface area contributed by atoms with E-state index in [1.807, 2.05) is 34.6 Å². The van der Waals surface area contributed by atoms with Gasteiger partial charge in [0.25, 0.3) is 11.8 Å². The summed E-state index contributed by atoms with van der Waals surface area (Å²) in [6, 6.07) is 3.04. The maximum Gasteiger partial charge on any atom is 0.274 e. The molecule has 0 spiro atoms. The number of carbonyl (C=O) groups excluding carboxylic acids is 2. The summed E-state index contributed by atoms with van der Waals surface area (Å²) >= 11 is 0. The molecule has 0 saturated heterocycles. The lowest BCUT2D eigenvalue weighted by molar-refractivity contribution is 0.101. The molecule has 160 valence electrons. The molecule has 3 heterocycles. The number of ether oxygens (including phenoxy) is 1. The standard InChI is InChI=1S/C23H25N5O3/c1-6-31-17-7-18(22(29)27-20-13(2)9-24-10-14(20)3)26-19(8-17)23(30)28-21-15(4)11-25-12-16(21)5/h7-12H,6H2,1-5H3,(H,24,27,29)(H,25,28,30). The molecule has 0 aliphatic carbocycles. The van der Waals surface area contributed by atoms with E-state index >= 15 is 0 Å². The third-order valence-corrected chi connectivity index (χ3v) is 4.70. The summed E-state index contributed by atoms with van der Waals surface area (Å²) in [5, 5.41) is 5.72. The molecule has 0 unspecified atom stereocenters. The minimum absolute atomic E-state index is 0.0786.